The van der Waals surface area contributed by atoms with Crippen LogP contribution in [0.3, 0.4) is 0 Å². The summed E-state index contributed by atoms with van der Waals surface area (Å²) in [5, 5.41) is 3.26. The lowest BCUT2D eigenvalue weighted by Gasteiger charge is -2.12. The van der Waals surface area contributed by atoms with Gasteiger partial charge in [0.15, 0.2) is 0 Å². The molecule has 0 heterocycles. The fourth-order valence-electron chi connectivity index (χ4n) is 1.45. The average molecular weight is 208 g/mol. The molecule has 3 nitrogen and oxygen atoms in total. The van der Waals surface area contributed by atoms with Crippen molar-refractivity contribution in [3.8, 4) is 0 Å². The number of ether oxygens (including phenoxy) is 1. The number of methoxy groups -OCH3 is 1. The minimum Gasteiger partial charge on any atom is -0.383 e. The van der Waals surface area contributed by atoms with Gasteiger partial charge in [-0.05, 0) is 12.0 Å². The summed E-state index contributed by atoms with van der Waals surface area (Å²) in [6.07, 6.45) is 0.917. The second-order valence-electron chi connectivity index (χ2n) is 3.65. The molecule has 84 valence electrons. The summed E-state index contributed by atoms with van der Waals surface area (Å²) < 4.78 is 4.94. The molecule has 1 atom stereocenters. The van der Waals surface area contributed by atoms with E-state index in [4.69, 9.17) is 10.5 Å². The summed E-state index contributed by atoms with van der Waals surface area (Å²) in [5.41, 5.74) is 7.27. The van der Waals surface area contributed by atoms with E-state index in [0.717, 1.165) is 26.1 Å². The van der Waals surface area contributed by atoms with Crippen LogP contribution in [0.2, 0.25) is 0 Å². The Morgan fingerprint density at radius 3 is 2.73 bits per heavy atom. The van der Waals surface area contributed by atoms with Crippen molar-refractivity contribution < 1.29 is 4.74 Å². The highest BCUT2D eigenvalue weighted by Gasteiger charge is 2.02. The number of hydrogen-bond donors (Lipinski definition) is 2. The largest absolute Gasteiger partial charge is 0.383 e. The van der Waals surface area contributed by atoms with Gasteiger partial charge in [0.2, 0.25) is 0 Å². The van der Waals surface area contributed by atoms with Crippen LogP contribution in [-0.2, 0) is 11.2 Å². The smallest absolute Gasteiger partial charge is 0.0587 e. The normalized spacial score (nSPS) is 12.7. The minimum atomic E-state index is 0.171. The standard InChI is InChI=1S/C12H20N2O/c1-15-8-7-14-10-12(13)9-11-5-3-2-4-6-11/h2-6,12,14H,7-10,13H2,1H3. The molecule has 1 aromatic rings. The third-order valence-corrected chi connectivity index (χ3v) is 2.23. The molecule has 1 unspecified atom stereocenters. The van der Waals surface area contributed by atoms with E-state index in [2.05, 4.69) is 17.4 Å². The molecule has 1 rings (SSSR count). The predicted octanol–water partition coefficient (Wildman–Crippen LogP) is 0.792. The van der Waals surface area contributed by atoms with E-state index >= 15 is 0 Å². The first-order valence-corrected chi connectivity index (χ1v) is 5.32. The van der Waals surface area contributed by atoms with E-state index in [9.17, 15) is 0 Å². The number of nitrogens with two attached hydrogens (primary N) is 1. The van der Waals surface area contributed by atoms with Gasteiger partial charge in [-0.2, -0.15) is 0 Å². The zero-order chi connectivity index (χ0) is 10.9. The lowest BCUT2D eigenvalue weighted by atomic mass is 10.1. The predicted molar refractivity (Wildman–Crippen MR) is 62.9 cm³/mol. The Hall–Kier alpha value is -0.900. The van der Waals surface area contributed by atoms with Crippen molar-refractivity contribution in [2.75, 3.05) is 26.8 Å². The molecule has 1 aromatic carbocycles. The van der Waals surface area contributed by atoms with Crippen LogP contribution in [0.5, 0.6) is 0 Å². The van der Waals surface area contributed by atoms with Crippen LogP contribution in [0, 0.1) is 0 Å². The maximum Gasteiger partial charge on any atom is 0.0587 e. The molecule has 0 fully saturated rings. The molecular formula is C12H20N2O. The number of hydrogen-bond acceptors (Lipinski definition) is 3. The molecule has 3 heteroatoms. The minimum absolute atomic E-state index is 0.171. The Labute approximate surface area is 91.6 Å². The van der Waals surface area contributed by atoms with E-state index in [0.29, 0.717) is 0 Å². The van der Waals surface area contributed by atoms with Crippen LogP contribution >= 0.6 is 0 Å². The molecule has 0 saturated heterocycles. The number of rotatable bonds is 7. The Balaban J connectivity index is 2.16. The number of nitrogens with one attached hydrogen (secondary N) is 1. The molecule has 0 saturated carbocycles. The summed E-state index contributed by atoms with van der Waals surface area (Å²) in [7, 11) is 1.70. The molecule has 15 heavy (non-hydrogen) atoms. The summed E-state index contributed by atoms with van der Waals surface area (Å²) in [6.45, 7) is 2.43. The second-order valence-corrected chi connectivity index (χ2v) is 3.65. The van der Waals surface area contributed by atoms with Crippen LogP contribution < -0.4 is 11.1 Å². The van der Waals surface area contributed by atoms with Gasteiger partial charge in [0.1, 0.15) is 0 Å². The van der Waals surface area contributed by atoms with Crippen LogP contribution in [0.1, 0.15) is 5.56 Å². The van der Waals surface area contributed by atoms with E-state index in [1.165, 1.54) is 5.56 Å². The van der Waals surface area contributed by atoms with Gasteiger partial charge in [0.05, 0.1) is 6.61 Å². The second kappa shape index (κ2) is 7.40. The van der Waals surface area contributed by atoms with Crippen molar-refractivity contribution in [1.82, 2.24) is 5.32 Å². The van der Waals surface area contributed by atoms with Crippen molar-refractivity contribution in [2.24, 2.45) is 5.73 Å². The zero-order valence-corrected chi connectivity index (χ0v) is 9.28. The SMILES string of the molecule is COCCNCC(N)Cc1ccccc1. The molecule has 3 N–H and O–H groups in total. The molecule has 0 bridgehead atoms. The van der Waals surface area contributed by atoms with Gasteiger partial charge >= 0.3 is 0 Å². The first-order chi connectivity index (χ1) is 7.33. The number of benzene rings is 1. The van der Waals surface area contributed by atoms with Gasteiger partial charge in [-0.3, -0.25) is 0 Å². The molecule has 0 radical (unpaired) electrons. The summed E-state index contributed by atoms with van der Waals surface area (Å²) in [6, 6.07) is 10.5. The van der Waals surface area contributed by atoms with Crippen LogP contribution in [-0.4, -0.2) is 32.8 Å². The van der Waals surface area contributed by atoms with Gasteiger partial charge < -0.3 is 15.8 Å². The van der Waals surface area contributed by atoms with Crippen molar-refractivity contribution in [2.45, 2.75) is 12.5 Å². The maximum absolute atomic E-state index is 5.98. The Kier molecular flexibility index (Phi) is 6.00. The van der Waals surface area contributed by atoms with E-state index < -0.39 is 0 Å². The zero-order valence-electron chi connectivity index (χ0n) is 9.28. The molecule has 0 aliphatic carbocycles. The fraction of sp³-hybridized carbons (Fsp3) is 0.500. The molecule has 0 spiro atoms. The van der Waals surface area contributed by atoms with E-state index in [1.54, 1.807) is 7.11 Å². The highest BCUT2D eigenvalue weighted by Crippen LogP contribution is 2.00. The average Bonchev–Trinajstić information content (AvgIpc) is 2.26. The van der Waals surface area contributed by atoms with Gasteiger partial charge in [-0.25, -0.2) is 0 Å². The molecule has 0 aliphatic heterocycles. The summed E-state index contributed by atoms with van der Waals surface area (Å²) >= 11 is 0. The molecule has 0 amide bonds. The van der Waals surface area contributed by atoms with Crippen LogP contribution in [0.15, 0.2) is 30.3 Å². The quantitative estimate of drug-likeness (QED) is 0.651. The third kappa shape index (κ3) is 5.52. The van der Waals surface area contributed by atoms with Crippen molar-refractivity contribution >= 4 is 0 Å². The van der Waals surface area contributed by atoms with Crippen molar-refractivity contribution in [3.63, 3.8) is 0 Å². The monoisotopic (exact) mass is 208 g/mol. The highest BCUT2D eigenvalue weighted by molar-refractivity contribution is 5.15. The Morgan fingerprint density at radius 2 is 2.07 bits per heavy atom. The van der Waals surface area contributed by atoms with E-state index in [1.807, 2.05) is 18.2 Å². The maximum atomic E-state index is 5.98. The van der Waals surface area contributed by atoms with Gasteiger partial charge in [-0.1, -0.05) is 30.3 Å². The molecule has 0 aliphatic rings. The highest BCUT2D eigenvalue weighted by atomic mass is 16.5. The van der Waals surface area contributed by atoms with Crippen LogP contribution in [0.25, 0.3) is 0 Å². The topological polar surface area (TPSA) is 47.3 Å². The lowest BCUT2D eigenvalue weighted by Crippen LogP contribution is -2.36. The van der Waals surface area contributed by atoms with Crippen LogP contribution in [0.4, 0.5) is 0 Å². The summed E-state index contributed by atoms with van der Waals surface area (Å²) in [4.78, 5) is 0. The van der Waals surface area contributed by atoms with Gasteiger partial charge in [-0.15, -0.1) is 0 Å². The van der Waals surface area contributed by atoms with Crippen molar-refractivity contribution in [3.05, 3.63) is 35.9 Å². The Morgan fingerprint density at radius 1 is 1.33 bits per heavy atom. The first-order valence-electron chi connectivity index (χ1n) is 5.32. The lowest BCUT2D eigenvalue weighted by molar-refractivity contribution is 0.199. The molecule has 0 aromatic heterocycles. The van der Waals surface area contributed by atoms with Gasteiger partial charge in [0.25, 0.3) is 0 Å². The Bertz CT molecular complexity index is 251. The van der Waals surface area contributed by atoms with Gasteiger partial charge in [0, 0.05) is 26.2 Å². The first kappa shape index (κ1) is 12.2. The molecular weight excluding hydrogens is 188 g/mol. The fourth-order valence-corrected chi connectivity index (χ4v) is 1.45. The van der Waals surface area contributed by atoms with Crippen molar-refractivity contribution in [1.29, 1.82) is 0 Å². The third-order valence-electron chi connectivity index (χ3n) is 2.23. The van der Waals surface area contributed by atoms with E-state index in [-0.39, 0.29) is 6.04 Å². The summed E-state index contributed by atoms with van der Waals surface area (Å²) in [5.74, 6) is 0.